The van der Waals surface area contributed by atoms with Gasteiger partial charge in [-0.3, -0.25) is 0 Å². The third-order valence-corrected chi connectivity index (χ3v) is 2.09. The summed E-state index contributed by atoms with van der Waals surface area (Å²) in [5, 5.41) is 19.7. The molecule has 0 amide bonds. The molecule has 0 aliphatic heterocycles. The number of carbonyl (C=O) groups is 1. The van der Waals surface area contributed by atoms with Crippen molar-refractivity contribution >= 4 is 11.7 Å². The number of oxime groups is 1. The van der Waals surface area contributed by atoms with Crippen LogP contribution >= 0.6 is 0 Å². The zero-order valence-electron chi connectivity index (χ0n) is 8.26. The zero-order chi connectivity index (χ0) is 11.1. The average molecular weight is 207 g/mol. The van der Waals surface area contributed by atoms with Crippen molar-refractivity contribution in [3.63, 3.8) is 0 Å². The molecule has 0 aromatic heterocycles. The van der Waals surface area contributed by atoms with Gasteiger partial charge in [-0.2, -0.15) is 0 Å². The number of rotatable bonds is 5. The molecule has 15 heavy (non-hydrogen) atoms. The lowest BCUT2D eigenvalue weighted by Gasteiger charge is -2.00. The van der Waals surface area contributed by atoms with Gasteiger partial charge in [0.1, 0.15) is 0 Å². The van der Waals surface area contributed by atoms with Crippen LogP contribution in [0.15, 0.2) is 35.5 Å². The fraction of sp³-hybridized carbons (Fsp3) is 0.273. The normalized spacial score (nSPS) is 11.3. The standard InChI is InChI=1S/C11H13NO3/c13-11(14)10(12-15)8-4-7-9-5-2-1-3-6-9/h1-3,5-6,15H,4,7-8H2,(H,13,14)/b12-10+. The minimum Gasteiger partial charge on any atom is -0.477 e. The van der Waals surface area contributed by atoms with Crippen LogP contribution in [0, 0.1) is 0 Å². The van der Waals surface area contributed by atoms with Gasteiger partial charge in [-0.05, 0) is 18.4 Å². The van der Waals surface area contributed by atoms with Gasteiger partial charge in [0.25, 0.3) is 0 Å². The van der Waals surface area contributed by atoms with Crippen molar-refractivity contribution in [1.29, 1.82) is 0 Å². The van der Waals surface area contributed by atoms with Gasteiger partial charge in [0.05, 0.1) is 0 Å². The highest BCUT2D eigenvalue weighted by atomic mass is 16.4. The lowest BCUT2D eigenvalue weighted by Crippen LogP contribution is -2.12. The number of benzene rings is 1. The number of carboxylic acid groups (broad SMARTS) is 1. The summed E-state index contributed by atoms with van der Waals surface area (Å²) in [5.74, 6) is -1.16. The molecule has 1 aromatic carbocycles. The van der Waals surface area contributed by atoms with Gasteiger partial charge in [0, 0.05) is 6.42 Å². The van der Waals surface area contributed by atoms with Gasteiger partial charge in [0.2, 0.25) is 0 Å². The highest BCUT2D eigenvalue weighted by Gasteiger charge is 2.08. The SMILES string of the molecule is O=C(O)/C(CCCc1ccccc1)=N/O. The Balaban J connectivity index is 2.37. The van der Waals surface area contributed by atoms with Crippen LogP contribution in [0.1, 0.15) is 18.4 Å². The van der Waals surface area contributed by atoms with E-state index in [0.717, 1.165) is 12.0 Å². The van der Waals surface area contributed by atoms with E-state index in [4.69, 9.17) is 10.3 Å². The molecule has 0 unspecified atom stereocenters. The van der Waals surface area contributed by atoms with Gasteiger partial charge in [-0.1, -0.05) is 35.5 Å². The van der Waals surface area contributed by atoms with Crippen molar-refractivity contribution in [2.45, 2.75) is 19.3 Å². The van der Waals surface area contributed by atoms with Crippen LogP contribution in [-0.2, 0) is 11.2 Å². The number of hydrogen-bond donors (Lipinski definition) is 2. The Morgan fingerprint density at radius 2 is 1.93 bits per heavy atom. The first-order valence-electron chi connectivity index (χ1n) is 4.72. The zero-order valence-corrected chi connectivity index (χ0v) is 8.26. The molecule has 1 rings (SSSR count). The van der Waals surface area contributed by atoms with E-state index >= 15 is 0 Å². The van der Waals surface area contributed by atoms with Gasteiger partial charge in [0.15, 0.2) is 5.71 Å². The van der Waals surface area contributed by atoms with Gasteiger partial charge >= 0.3 is 5.97 Å². The Hall–Kier alpha value is -1.84. The molecule has 0 aliphatic carbocycles. The highest BCUT2D eigenvalue weighted by Crippen LogP contribution is 2.05. The van der Waals surface area contributed by atoms with Gasteiger partial charge in [-0.25, -0.2) is 4.79 Å². The van der Waals surface area contributed by atoms with Crippen molar-refractivity contribution in [2.24, 2.45) is 5.16 Å². The van der Waals surface area contributed by atoms with Crippen LogP contribution in [0.3, 0.4) is 0 Å². The molecule has 80 valence electrons. The van der Waals surface area contributed by atoms with E-state index in [-0.39, 0.29) is 12.1 Å². The molecule has 0 aliphatic rings. The number of hydrogen-bond acceptors (Lipinski definition) is 3. The number of aryl methyl sites for hydroxylation is 1. The monoisotopic (exact) mass is 207 g/mol. The molecule has 4 nitrogen and oxygen atoms in total. The molecular weight excluding hydrogens is 194 g/mol. The maximum atomic E-state index is 10.5. The molecule has 0 heterocycles. The lowest BCUT2D eigenvalue weighted by atomic mass is 10.1. The maximum Gasteiger partial charge on any atom is 0.353 e. The molecule has 0 bridgehead atoms. The van der Waals surface area contributed by atoms with E-state index < -0.39 is 5.97 Å². The van der Waals surface area contributed by atoms with Crippen molar-refractivity contribution in [1.82, 2.24) is 0 Å². The lowest BCUT2D eigenvalue weighted by molar-refractivity contribution is -0.129. The average Bonchev–Trinajstić information content (AvgIpc) is 2.25. The summed E-state index contributed by atoms with van der Waals surface area (Å²) >= 11 is 0. The van der Waals surface area contributed by atoms with Crippen LogP contribution in [0.4, 0.5) is 0 Å². The van der Waals surface area contributed by atoms with Crippen LogP contribution in [0.2, 0.25) is 0 Å². The van der Waals surface area contributed by atoms with E-state index in [1.54, 1.807) is 0 Å². The summed E-state index contributed by atoms with van der Waals surface area (Å²) in [4.78, 5) is 10.5. The predicted molar refractivity (Wildman–Crippen MR) is 56.2 cm³/mol. The molecule has 0 saturated carbocycles. The van der Waals surface area contributed by atoms with E-state index in [2.05, 4.69) is 5.16 Å². The van der Waals surface area contributed by atoms with E-state index in [0.29, 0.717) is 6.42 Å². The molecule has 1 aromatic rings. The van der Waals surface area contributed by atoms with Crippen LogP contribution in [-0.4, -0.2) is 22.0 Å². The molecule has 0 spiro atoms. The van der Waals surface area contributed by atoms with Gasteiger partial charge < -0.3 is 10.3 Å². The van der Waals surface area contributed by atoms with Crippen molar-refractivity contribution in [2.75, 3.05) is 0 Å². The third-order valence-electron chi connectivity index (χ3n) is 2.09. The Morgan fingerprint density at radius 1 is 1.27 bits per heavy atom. The molecule has 0 fully saturated rings. The van der Waals surface area contributed by atoms with E-state index in [1.807, 2.05) is 30.3 Å². The van der Waals surface area contributed by atoms with Crippen LogP contribution in [0.25, 0.3) is 0 Å². The number of carboxylic acids is 1. The first kappa shape index (κ1) is 11.2. The Morgan fingerprint density at radius 3 is 2.47 bits per heavy atom. The predicted octanol–water partition coefficient (Wildman–Crippen LogP) is 1.92. The summed E-state index contributed by atoms with van der Waals surface area (Å²) in [5.41, 5.74) is 0.964. The Kier molecular flexibility index (Phi) is 4.34. The largest absolute Gasteiger partial charge is 0.477 e. The van der Waals surface area contributed by atoms with Crippen LogP contribution < -0.4 is 0 Å². The maximum absolute atomic E-state index is 10.5. The minimum atomic E-state index is -1.16. The van der Waals surface area contributed by atoms with Crippen molar-refractivity contribution < 1.29 is 15.1 Å². The summed E-state index contributed by atoms with van der Waals surface area (Å²) in [6, 6.07) is 9.77. The van der Waals surface area contributed by atoms with E-state index in [1.165, 1.54) is 0 Å². The smallest absolute Gasteiger partial charge is 0.353 e. The number of aliphatic carboxylic acids is 1. The number of nitrogens with zero attached hydrogens (tertiary/aromatic N) is 1. The Labute approximate surface area is 87.9 Å². The summed E-state index contributed by atoms with van der Waals surface area (Å²) in [7, 11) is 0. The second kappa shape index (κ2) is 5.80. The van der Waals surface area contributed by atoms with Crippen molar-refractivity contribution in [3.05, 3.63) is 35.9 Å². The molecule has 0 saturated heterocycles. The first-order valence-corrected chi connectivity index (χ1v) is 4.72. The molecular formula is C11H13NO3. The molecule has 2 N–H and O–H groups in total. The fourth-order valence-electron chi connectivity index (χ4n) is 1.30. The topological polar surface area (TPSA) is 69.9 Å². The second-order valence-electron chi connectivity index (χ2n) is 3.19. The summed E-state index contributed by atoms with van der Waals surface area (Å²) in [6.45, 7) is 0. The molecule has 0 atom stereocenters. The third kappa shape index (κ3) is 3.81. The summed E-state index contributed by atoms with van der Waals surface area (Å²) < 4.78 is 0. The fourth-order valence-corrected chi connectivity index (χ4v) is 1.30. The van der Waals surface area contributed by atoms with Gasteiger partial charge in [-0.15, -0.1) is 0 Å². The van der Waals surface area contributed by atoms with Crippen molar-refractivity contribution in [3.8, 4) is 0 Å². The molecule has 4 heteroatoms. The minimum absolute atomic E-state index is 0.189. The summed E-state index contributed by atoms with van der Waals surface area (Å²) in [6.07, 6.45) is 1.73. The molecule has 0 radical (unpaired) electrons. The highest BCUT2D eigenvalue weighted by molar-refractivity contribution is 6.35. The second-order valence-corrected chi connectivity index (χ2v) is 3.19. The van der Waals surface area contributed by atoms with E-state index in [9.17, 15) is 4.79 Å². The van der Waals surface area contributed by atoms with Crippen LogP contribution in [0.5, 0.6) is 0 Å². The quantitative estimate of drug-likeness (QED) is 0.440. The first-order chi connectivity index (χ1) is 7.24. The Bertz CT molecular complexity index is 346.